The van der Waals surface area contributed by atoms with Gasteiger partial charge in [-0.25, -0.2) is 4.39 Å². The van der Waals surface area contributed by atoms with Crippen LogP contribution in [0, 0.1) is 5.82 Å². The predicted octanol–water partition coefficient (Wildman–Crippen LogP) is 1.59. The van der Waals surface area contributed by atoms with Crippen molar-refractivity contribution in [3.8, 4) is 5.75 Å². The summed E-state index contributed by atoms with van der Waals surface area (Å²) in [5.41, 5.74) is 5.23. The number of halogens is 1. The Labute approximate surface area is 126 Å². The van der Waals surface area contributed by atoms with Crippen LogP contribution in [-0.4, -0.2) is 17.9 Å². The molecule has 1 atom stereocenters. The van der Waals surface area contributed by atoms with Crippen LogP contribution in [0.4, 0.5) is 4.39 Å². The lowest BCUT2D eigenvalue weighted by Crippen LogP contribution is -2.47. The number of hydrazine groups is 1. The Morgan fingerprint density at radius 3 is 2.55 bits per heavy atom. The highest BCUT2D eigenvalue weighted by Gasteiger charge is 2.29. The number of hydrogen-bond donors (Lipinski definition) is 2. The van der Waals surface area contributed by atoms with Gasteiger partial charge in [-0.1, -0.05) is 30.3 Å². The van der Waals surface area contributed by atoms with Gasteiger partial charge in [0.25, 0.3) is 11.8 Å². The van der Waals surface area contributed by atoms with Crippen molar-refractivity contribution in [3.05, 3.63) is 65.5 Å². The normalized spacial score (nSPS) is 15.6. The van der Waals surface area contributed by atoms with Gasteiger partial charge < -0.3 is 4.74 Å². The third kappa shape index (κ3) is 2.76. The lowest BCUT2D eigenvalue weighted by atomic mass is 10.1. The number of amides is 2. The Morgan fingerprint density at radius 1 is 1.05 bits per heavy atom. The topological polar surface area (TPSA) is 67.4 Å². The average molecular weight is 300 g/mol. The molecule has 1 aliphatic heterocycles. The summed E-state index contributed by atoms with van der Waals surface area (Å²) in [6.45, 7) is 0. The molecular weight excluding hydrogens is 287 g/mol. The zero-order valence-electron chi connectivity index (χ0n) is 11.5. The Bertz CT molecular complexity index is 708. The van der Waals surface area contributed by atoms with E-state index in [0.29, 0.717) is 12.2 Å². The zero-order valence-corrected chi connectivity index (χ0v) is 11.5. The summed E-state index contributed by atoms with van der Waals surface area (Å²) in [6.07, 6.45) is -0.282. The number of nitrogens with one attached hydrogen (secondary N) is 2. The van der Waals surface area contributed by atoms with Gasteiger partial charge in [-0.2, -0.15) is 0 Å². The first-order valence-electron chi connectivity index (χ1n) is 6.74. The summed E-state index contributed by atoms with van der Waals surface area (Å²) in [7, 11) is 0. The van der Waals surface area contributed by atoms with Crippen molar-refractivity contribution in [2.45, 2.75) is 12.5 Å². The van der Waals surface area contributed by atoms with Crippen LogP contribution in [0.25, 0.3) is 0 Å². The maximum atomic E-state index is 13.4. The molecule has 6 heteroatoms. The molecule has 112 valence electrons. The van der Waals surface area contributed by atoms with Crippen LogP contribution >= 0.6 is 0 Å². The third-order valence-electron chi connectivity index (χ3n) is 3.36. The molecular formula is C16H13FN2O3. The van der Waals surface area contributed by atoms with Gasteiger partial charge in [0.15, 0.2) is 6.10 Å². The first kappa shape index (κ1) is 14.1. The van der Waals surface area contributed by atoms with Gasteiger partial charge in [-0.15, -0.1) is 0 Å². The first-order chi connectivity index (χ1) is 10.6. The second-order valence-corrected chi connectivity index (χ2v) is 4.84. The van der Waals surface area contributed by atoms with Crippen LogP contribution in [0.15, 0.2) is 48.5 Å². The van der Waals surface area contributed by atoms with Crippen molar-refractivity contribution in [3.63, 3.8) is 0 Å². The second-order valence-electron chi connectivity index (χ2n) is 4.84. The Morgan fingerprint density at radius 2 is 1.77 bits per heavy atom. The quantitative estimate of drug-likeness (QED) is 0.828. The van der Waals surface area contributed by atoms with Crippen molar-refractivity contribution in [1.82, 2.24) is 10.9 Å². The molecule has 0 bridgehead atoms. The molecule has 0 saturated heterocycles. The van der Waals surface area contributed by atoms with E-state index >= 15 is 0 Å². The number of hydrogen-bond acceptors (Lipinski definition) is 3. The summed E-state index contributed by atoms with van der Waals surface area (Å²) >= 11 is 0. The van der Waals surface area contributed by atoms with Gasteiger partial charge in [-0.3, -0.25) is 20.4 Å². The van der Waals surface area contributed by atoms with E-state index in [9.17, 15) is 14.0 Å². The van der Waals surface area contributed by atoms with Crippen LogP contribution in [0.1, 0.15) is 15.9 Å². The van der Waals surface area contributed by atoms with Crippen molar-refractivity contribution in [2.75, 3.05) is 0 Å². The summed E-state index contributed by atoms with van der Waals surface area (Å²) in [5, 5.41) is 0. The molecule has 0 aliphatic carbocycles. The Kier molecular flexibility index (Phi) is 3.74. The van der Waals surface area contributed by atoms with Crippen LogP contribution in [0.2, 0.25) is 0 Å². The number of carbonyl (C=O) groups excluding carboxylic acids is 2. The summed E-state index contributed by atoms with van der Waals surface area (Å²) < 4.78 is 18.9. The maximum Gasteiger partial charge on any atom is 0.279 e. The van der Waals surface area contributed by atoms with E-state index < -0.39 is 23.7 Å². The van der Waals surface area contributed by atoms with E-state index in [0.717, 1.165) is 5.56 Å². The molecule has 22 heavy (non-hydrogen) atoms. The van der Waals surface area contributed by atoms with Crippen LogP contribution in [-0.2, 0) is 11.2 Å². The molecule has 0 spiro atoms. The number of para-hydroxylation sites is 1. The van der Waals surface area contributed by atoms with Crippen LogP contribution in [0.5, 0.6) is 5.75 Å². The smallest absolute Gasteiger partial charge is 0.279 e. The van der Waals surface area contributed by atoms with E-state index in [1.807, 2.05) is 18.2 Å². The molecule has 0 radical (unpaired) electrons. The number of carbonyl (C=O) groups is 2. The lowest BCUT2D eigenvalue weighted by molar-refractivity contribution is -0.128. The molecule has 5 nitrogen and oxygen atoms in total. The summed E-state index contributed by atoms with van der Waals surface area (Å²) in [5.74, 6) is -1.20. The number of fused-ring (bicyclic) bond motifs is 1. The average Bonchev–Trinajstić information content (AvgIpc) is 2.97. The van der Waals surface area contributed by atoms with E-state index in [-0.39, 0.29) is 5.56 Å². The number of rotatable bonds is 2. The highest BCUT2D eigenvalue weighted by atomic mass is 19.1. The molecule has 0 aromatic heterocycles. The zero-order chi connectivity index (χ0) is 15.5. The van der Waals surface area contributed by atoms with E-state index in [1.54, 1.807) is 6.07 Å². The van der Waals surface area contributed by atoms with E-state index in [2.05, 4.69) is 10.9 Å². The SMILES string of the molecule is O=C(NNC(=O)[C@@H]1Cc2ccccc2O1)c1ccccc1F. The molecule has 1 heterocycles. The monoisotopic (exact) mass is 300 g/mol. The van der Waals surface area contributed by atoms with E-state index in [4.69, 9.17) is 4.74 Å². The highest BCUT2D eigenvalue weighted by Crippen LogP contribution is 2.27. The highest BCUT2D eigenvalue weighted by molar-refractivity contribution is 5.96. The van der Waals surface area contributed by atoms with Gasteiger partial charge in [0.05, 0.1) is 5.56 Å². The summed E-state index contributed by atoms with van der Waals surface area (Å²) in [6, 6.07) is 12.9. The molecule has 3 rings (SSSR count). The molecule has 0 unspecified atom stereocenters. The molecule has 2 N–H and O–H groups in total. The fourth-order valence-corrected chi connectivity index (χ4v) is 2.24. The standard InChI is InChI=1S/C16H13FN2O3/c17-12-7-3-2-6-11(12)15(20)18-19-16(21)14-9-10-5-1-4-8-13(10)22-14/h1-8,14H,9H2,(H,18,20)(H,19,21)/t14-/m0/s1. The van der Waals surface area contributed by atoms with Crippen molar-refractivity contribution >= 4 is 11.8 Å². The molecule has 0 saturated carbocycles. The third-order valence-corrected chi connectivity index (χ3v) is 3.36. The lowest BCUT2D eigenvalue weighted by Gasteiger charge is -2.12. The fourth-order valence-electron chi connectivity index (χ4n) is 2.24. The molecule has 0 fully saturated rings. The van der Waals surface area contributed by atoms with Gasteiger partial charge in [0, 0.05) is 6.42 Å². The van der Waals surface area contributed by atoms with Gasteiger partial charge in [0.1, 0.15) is 11.6 Å². The predicted molar refractivity (Wildman–Crippen MR) is 76.6 cm³/mol. The van der Waals surface area contributed by atoms with Gasteiger partial charge in [0.2, 0.25) is 0 Å². The van der Waals surface area contributed by atoms with Crippen molar-refractivity contribution in [2.24, 2.45) is 0 Å². The molecule has 2 aromatic rings. The van der Waals surface area contributed by atoms with Gasteiger partial charge in [-0.05, 0) is 23.8 Å². The van der Waals surface area contributed by atoms with Crippen molar-refractivity contribution < 1.29 is 18.7 Å². The second kappa shape index (κ2) is 5.85. The molecule has 2 amide bonds. The van der Waals surface area contributed by atoms with Gasteiger partial charge >= 0.3 is 0 Å². The first-order valence-corrected chi connectivity index (χ1v) is 6.74. The Balaban J connectivity index is 1.58. The Hall–Kier alpha value is -2.89. The summed E-state index contributed by atoms with van der Waals surface area (Å²) in [4.78, 5) is 23.8. The largest absolute Gasteiger partial charge is 0.480 e. The number of benzene rings is 2. The number of ether oxygens (including phenoxy) is 1. The van der Waals surface area contributed by atoms with Crippen LogP contribution < -0.4 is 15.6 Å². The minimum Gasteiger partial charge on any atom is -0.480 e. The fraction of sp³-hybridized carbons (Fsp3) is 0.125. The van der Waals surface area contributed by atoms with E-state index in [1.165, 1.54) is 24.3 Å². The van der Waals surface area contributed by atoms with Crippen LogP contribution in [0.3, 0.4) is 0 Å². The minimum atomic E-state index is -0.720. The molecule has 1 aliphatic rings. The molecule has 2 aromatic carbocycles. The minimum absolute atomic E-state index is 0.140. The van der Waals surface area contributed by atoms with Crippen molar-refractivity contribution in [1.29, 1.82) is 0 Å². The maximum absolute atomic E-state index is 13.4.